The fraction of sp³-hybridized carbons (Fsp3) is 0.333. The molecule has 0 saturated heterocycles. The first kappa shape index (κ1) is 19.7. The molecule has 3 rings (SSSR count). The van der Waals surface area contributed by atoms with Crippen LogP contribution in [0.25, 0.3) is 11.2 Å². The van der Waals surface area contributed by atoms with E-state index in [1.165, 1.54) is 11.8 Å². The number of carboxylic acid groups (broad SMARTS) is 1. The van der Waals surface area contributed by atoms with Crippen LogP contribution in [0, 0.1) is 0 Å². The van der Waals surface area contributed by atoms with Crippen LogP contribution in [0.3, 0.4) is 0 Å². The number of nitrogens with zero attached hydrogens (tertiary/aromatic N) is 6. The van der Waals surface area contributed by atoms with Crippen LogP contribution in [0.4, 0.5) is 5.69 Å². The summed E-state index contributed by atoms with van der Waals surface area (Å²) in [5.74, 6) is -0.755. The molecule has 2 heterocycles. The molecule has 0 radical (unpaired) electrons. The standard InChI is InChI=1S/C18H21N7O2S/c1-25-12-21-16-17(25)19-11-20-18(16)28-14-8-6-13(7-9-14)23-24-22-10-4-2-3-5-15(26)27/h6-9,11-12H,2-5,10H2,1H3,(H,22,23)(H,26,27). The number of hydrogen-bond acceptors (Lipinski definition) is 7. The minimum Gasteiger partial charge on any atom is -0.481 e. The van der Waals surface area contributed by atoms with Crippen molar-refractivity contribution < 1.29 is 9.90 Å². The van der Waals surface area contributed by atoms with E-state index in [9.17, 15) is 4.79 Å². The van der Waals surface area contributed by atoms with Crippen LogP contribution in [0.5, 0.6) is 0 Å². The van der Waals surface area contributed by atoms with E-state index < -0.39 is 5.97 Å². The average Bonchev–Trinajstić information content (AvgIpc) is 3.07. The normalized spacial score (nSPS) is 11.3. The topological polar surface area (TPSA) is 118 Å². The summed E-state index contributed by atoms with van der Waals surface area (Å²) in [6, 6.07) is 7.80. The summed E-state index contributed by atoms with van der Waals surface area (Å²) in [5.41, 5.74) is 5.32. The maximum Gasteiger partial charge on any atom is 0.303 e. The third-order valence-electron chi connectivity index (χ3n) is 3.93. The van der Waals surface area contributed by atoms with Crippen molar-refractivity contribution in [1.82, 2.24) is 19.5 Å². The highest BCUT2D eigenvalue weighted by Crippen LogP contribution is 2.30. The smallest absolute Gasteiger partial charge is 0.303 e. The van der Waals surface area contributed by atoms with Gasteiger partial charge < -0.3 is 9.67 Å². The molecule has 0 spiro atoms. The van der Waals surface area contributed by atoms with Crippen LogP contribution in [0.15, 0.2) is 57.2 Å². The van der Waals surface area contributed by atoms with Gasteiger partial charge in [-0.25, -0.2) is 15.0 Å². The van der Waals surface area contributed by atoms with Gasteiger partial charge in [-0.2, -0.15) is 5.11 Å². The van der Waals surface area contributed by atoms with E-state index in [2.05, 4.69) is 30.7 Å². The van der Waals surface area contributed by atoms with Gasteiger partial charge >= 0.3 is 5.97 Å². The lowest BCUT2D eigenvalue weighted by Gasteiger charge is -2.03. The molecule has 1 aromatic carbocycles. The molecule has 146 valence electrons. The molecular formula is C18H21N7O2S. The second-order valence-electron chi connectivity index (χ2n) is 6.11. The van der Waals surface area contributed by atoms with Crippen molar-refractivity contribution in [1.29, 1.82) is 0 Å². The summed E-state index contributed by atoms with van der Waals surface area (Å²) < 4.78 is 1.87. The fourth-order valence-corrected chi connectivity index (χ4v) is 3.32. The maximum atomic E-state index is 10.4. The van der Waals surface area contributed by atoms with Crippen molar-refractivity contribution in [2.75, 3.05) is 12.0 Å². The fourth-order valence-electron chi connectivity index (χ4n) is 2.49. The number of carboxylic acids is 1. The van der Waals surface area contributed by atoms with Gasteiger partial charge in [0.2, 0.25) is 0 Å². The number of benzene rings is 1. The van der Waals surface area contributed by atoms with Crippen LogP contribution in [0.2, 0.25) is 0 Å². The zero-order valence-electron chi connectivity index (χ0n) is 15.4. The first-order valence-corrected chi connectivity index (χ1v) is 9.69. The zero-order valence-corrected chi connectivity index (χ0v) is 16.3. The van der Waals surface area contributed by atoms with Crippen LogP contribution in [-0.2, 0) is 11.8 Å². The molecular weight excluding hydrogens is 378 g/mol. The van der Waals surface area contributed by atoms with Crippen LogP contribution >= 0.6 is 11.8 Å². The van der Waals surface area contributed by atoms with Crippen molar-refractivity contribution in [2.45, 2.75) is 35.6 Å². The van der Waals surface area contributed by atoms with E-state index >= 15 is 0 Å². The molecule has 3 aromatic rings. The lowest BCUT2D eigenvalue weighted by molar-refractivity contribution is -0.137. The summed E-state index contributed by atoms with van der Waals surface area (Å²) in [5, 5.41) is 17.4. The van der Waals surface area contributed by atoms with Crippen LogP contribution in [-0.4, -0.2) is 37.1 Å². The van der Waals surface area contributed by atoms with Gasteiger partial charge in [-0.05, 0) is 37.1 Å². The number of aliphatic carboxylic acids is 1. The Labute approximate surface area is 166 Å². The van der Waals surface area contributed by atoms with Gasteiger partial charge in [-0.3, -0.25) is 10.2 Å². The summed E-state index contributed by atoms with van der Waals surface area (Å²) in [6.45, 7) is 0.578. The number of hydrogen-bond donors (Lipinski definition) is 2. The Hall–Kier alpha value is -3.01. The Morgan fingerprint density at radius 1 is 1.18 bits per heavy atom. The van der Waals surface area contributed by atoms with E-state index in [-0.39, 0.29) is 6.42 Å². The Bertz CT molecular complexity index is 956. The van der Waals surface area contributed by atoms with Crippen molar-refractivity contribution in [3.8, 4) is 0 Å². The monoisotopic (exact) mass is 399 g/mol. The van der Waals surface area contributed by atoms with E-state index in [4.69, 9.17) is 5.11 Å². The average molecular weight is 399 g/mol. The molecule has 2 N–H and O–H groups in total. The van der Waals surface area contributed by atoms with Gasteiger partial charge in [0.05, 0.1) is 18.6 Å². The first-order chi connectivity index (χ1) is 13.6. The number of aromatic nitrogens is 4. The number of unbranched alkanes of at least 4 members (excludes halogenated alkanes) is 2. The minimum absolute atomic E-state index is 0.209. The van der Waals surface area contributed by atoms with E-state index in [0.717, 1.165) is 39.6 Å². The number of aryl methyl sites for hydroxylation is 1. The number of anilines is 1. The van der Waals surface area contributed by atoms with Crippen LogP contribution < -0.4 is 5.43 Å². The number of nitrogens with one attached hydrogen (secondary N) is 1. The second-order valence-corrected chi connectivity index (χ2v) is 7.18. The Morgan fingerprint density at radius 2 is 2.00 bits per heavy atom. The third kappa shape index (κ3) is 5.49. The number of imidazole rings is 1. The van der Waals surface area contributed by atoms with Gasteiger partial charge in [-0.15, -0.1) is 0 Å². The second kappa shape index (κ2) is 9.79. The predicted octanol–water partition coefficient (Wildman–Crippen LogP) is 3.94. The highest BCUT2D eigenvalue weighted by Gasteiger charge is 2.09. The highest BCUT2D eigenvalue weighted by molar-refractivity contribution is 7.99. The summed E-state index contributed by atoms with van der Waals surface area (Å²) in [7, 11) is 1.90. The van der Waals surface area contributed by atoms with Gasteiger partial charge in [0, 0.05) is 18.4 Å². The van der Waals surface area contributed by atoms with Crippen LogP contribution in [0.1, 0.15) is 25.7 Å². The van der Waals surface area contributed by atoms with Gasteiger partial charge in [0.1, 0.15) is 16.9 Å². The van der Waals surface area contributed by atoms with E-state index in [1.807, 2.05) is 35.9 Å². The highest BCUT2D eigenvalue weighted by atomic mass is 32.2. The quantitative estimate of drug-likeness (QED) is 0.229. The zero-order chi connectivity index (χ0) is 19.8. The molecule has 28 heavy (non-hydrogen) atoms. The molecule has 0 saturated carbocycles. The predicted molar refractivity (Wildman–Crippen MR) is 106 cm³/mol. The summed E-state index contributed by atoms with van der Waals surface area (Å²) in [6.07, 6.45) is 5.83. The van der Waals surface area contributed by atoms with Gasteiger partial charge in [0.25, 0.3) is 0 Å². The van der Waals surface area contributed by atoms with Crippen molar-refractivity contribution in [3.63, 3.8) is 0 Å². The third-order valence-corrected chi connectivity index (χ3v) is 4.93. The lowest BCUT2D eigenvalue weighted by Crippen LogP contribution is -1.94. The lowest BCUT2D eigenvalue weighted by atomic mass is 10.2. The Balaban J connectivity index is 1.47. The van der Waals surface area contributed by atoms with Crippen molar-refractivity contribution in [3.05, 3.63) is 36.9 Å². The molecule has 0 bridgehead atoms. The summed E-state index contributed by atoms with van der Waals surface area (Å²) >= 11 is 1.53. The van der Waals surface area contributed by atoms with Crippen molar-refractivity contribution in [2.24, 2.45) is 17.4 Å². The number of rotatable bonds is 10. The van der Waals surface area contributed by atoms with E-state index in [1.54, 1.807) is 12.7 Å². The molecule has 0 aliphatic heterocycles. The molecule has 0 aliphatic carbocycles. The largest absolute Gasteiger partial charge is 0.481 e. The molecule has 0 fully saturated rings. The number of carbonyl (C=O) groups is 1. The first-order valence-electron chi connectivity index (χ1n) is 8.88. The molecule has 2 aromatic heterocycles. The Morgan fingerprint density at radius 3 is 2.79 bits per heavy atom. The molecule has 0 unspecified atom stereocenters. The maximum absolute atomic E-state index is 10.4. The molecule has 9 nitrogen and oxygen atoms in total. The van der Waals surface area contributed by atoms with Gasteiger partial charge in [-0.1, -0.05) is 23.4 Å². The summed E-state index contributed by atoms with van der Waals surface area (Å²) in [4.78, 5) is 24.4. The minimum atomic E-state index is -0.755. The van der Waals surface area contributed by atoms with Gasteiger partial charge in [0.15, 0.2) is 5.65 Å². The SMILES string of the molecule is Cn1cnc2c(Sc3ccc(NN=NCCCCCC(=O)O)cc3)ncnc21. The molecule has 0 amide bonds. The van der Waals surface area contributed by atoms with E-state index in [0.29, 0.717) is 13.0 Å². The molecule has 0 atom stereocenters. The van der Waals surface area contributed by atoms with Crippen molar-refractivity contribution >= 4 is 34.6 Å². The Kier molecular flexibility index (Phi) is 6.90. The molecule has 0 aliphatic rings. The number of fused-ring (bicyclic) bond motifs is 1. The molecule has 10 heteroatoms.